The summed E-state index contributed by atoms with van der Waals surface area (Å²) in [4.78, 5) is 20.8. The van der Waals surface area contributed by atoms with Crippen molar-refractivity contribution in [3.05, 3.63) is 64.9 Å². The highest BCUT2D eigenvalue weighted by Gasteiger charge is 2.33. The number of thiazole rings is 1. The molecule has 4 nitrogen and oxygen atoms in total. The van der Waals surface area contributed by atoms with E-state index in [1.54, 1.807) is 29.4 Å². The van der Waals surface area contributed by atoms with Crippen molar-refractivity contribution in [1.82, 2.24) is 9.88 Å². The molecule has 1 fully saturated rings. The molecule has 6 heteroatoms. The molecule has 3 aromatic rings. The van der Waals surface area contributed by atoms with Gasteiger partial charge in [0.2, 0.25) is 0 Å². The predicted molar refractivity (Wildman–Crippen MR) is 115 cm³/mol. The van der Waals surface area contributed by atoms with Gasteiger partial charge in [0, 0.05) is 32.4 Å². The molecule has 1 atom stereocenters. The second kappa shape index (κ2) is 8.59. The highest BCUT2D eigenvalue weighted by Crippen LogP contribution is 2.31. The molecule has 1 aromatic heterocycles. The molecular weight excluding hydrogens is 385 g/mol. The predicted octanol–water partition coefficient (Wildman–Crippen LogP) is 3.24. The molecule has 1 aliphatic rings. The average Bonchev–Trinajstić information content (AvgIpc) is 3.17. The first kappa shape index (κ1) is 20.0. The van der Waals surface area contributed by atoms with Gasteiger partial charge in [0.05, 0.1) is 28.3 Å². The zero-order valence-corrected chi connectivity index (χ0v) is 17.7. The average molecular weight is 413 g/mol. The molecule has 2 heterocycles. The Hall–Kier alpha value is -2.31. The van der Waals surface area contributed by atoms with Crippen LogP contribution in [0.5, 0.6) is 0 Å². The minimum absolute atomic E-state index is 0.0927. The van der Waals surface area contributed by atoms with Gasteiger partial charge in [0.25, 0.3) is 5.91 Å². The van der Waals surface area contributed by atoms with E-state index in [0.717, 1.165) is 37.0 Å². The van der Waals surface area contributed by atoms with Crippen LogP contribution < -0.4 is 4.90 Å². The summed E-state index contributed by atoms with van der Waals surface area (Å²) in [5, 5.41) is 1.23. The van der Waals surface area contributed by atoms with E-state index in [-0.39, 0.29) is 17.8 Å². The standard InChI is InChI=1S/C23H26FN3OS/c1-16(23(28)26(2)15-17-6-5-7-19(24)14-17)27-12-10-18(11-13-27)22-25-20-8-3-4-9-21(20)29-22/h3-9,14,16,18H,10-13,15H2,1-2H3/p+1/t16-/m0/s1. The lowest BCUT2D eigenvalue weighted by Gasteiger charge is -2.33. The summed E-state index contributed by atoms with van der Waals surface area (Å²) >= 11 is 1.80. The zero-order valence-electron chi connectivity index (χ0n) is 16.9. The number of amides is 1. The number of halogens is 1. The SMILES string of the molecule is C[C@@H](C(=O)N(C)Cc1cccc(F)c1)[NH+]1CCC(c2nc3ccccc3s2)CC1. The molecule has 0 spiro atoms. The van der Waals surface area contributed by atoms with E-state index in [9.17, 15) is 9.18 Å². The molecule has 0 bridgehead atoms. The fraction of sp³-hybridized carbons (Fsp3) is 0.391. The van der Waals surface area contributed by atoms with Crippen molar-refractivity contribution in [2.45, 2.75) is 38.3 Å². The molecular formula is C23H27FN3OS+. The van der Waals surface area contributed by atoms with E-state index in [1.807, 2.05) is 19.1 Å². The number of likely N-dealkylation sites (tertiary alicyclic amines) is 1. The number of carbonyl (C=O) groups is 1. The van der Waals surface area contributed by atoms with Crippen LogP contribution in [-0.4, -0.2) is 42.0 Å². The summed E-state index contributed by atoms with van der Waals surface area (Å²) in [6.45, 7) is 4.39. The van der Waals surface area contributed by atoms with Gasteiger partial charge in [-0.3, -0.25) is 4.79 Å². The molecule has 1 aliphatic heterocycles. The Balaban J connectivity index is 1.34. The lowest BCUT2D eigenvalue weighted by atomic mass is 9.96. The van der Waals surface area contributed by atoms with Crippen molar-refractivity contribution in [1.29, 1.82) is 0 Å². The number of piperidine rings is 1. The van der Waals surface area contributed by atoms with Crippen molar-refractivity contribution in [3.8, 4) is 0 Å². The minimum atomic E-state index is -0.265. The maximum absolute atomic E-state index is 13.4. The summed E-state index contributed by atoms with van der Waals surface area (Å²) in [5.41, 5.74) is 1.90. The van der Waals surface area contributed by atoms with Crippen LogP contribution in [0.3, 0.4) is 0 Å². The normalized spacial score (nSPS) is 20.5. The molecule has 152 valence electrons. The van der Waals surface area contributed by atoms with Crippen LogP contribution in [0.2, 0.25) is 0 Å². The van der Waals surface area contributed by atoms with Crippen LogP contribution in [0, 0.1) is 5.82 Å². The minimum Gasteiger partial charge on any atom is -0.336 e. The van der Waals surface area contributed by atoms with Crippen LogP contribution in [0.15, 0.2) is 48.5 Å². The van der Waals surface area contributed by atoms with Crippen LogP contribution >= 0.6 is 11.3 Å². The van der Waals surface area contributed by atoms with E-state index in [1.165, 1.54) is 26.7 Å². The Kier molecular flexibility index (Phi) is 5.92. The quantitative estimate of drug-likeness (QED) is 0.699. The maximum atomic E-state index is 13.4. The molecule has 0 saturated carbocycles. The number of carbonyl (C=O) groups excluding carboxylic acids is 1. The third-order valence-corrected chi connectivity index (χ3v) is 7.15. The lowest BCUT2D eigenvalue weighted by molar-refractivity contribution is -0.919. The van der Waals surface area contributed by atoms with Gasteiger partial charge in [0.1, 0.15) is 5.82 Å². The number of nitrogens with one attached hydrogen (secondary N) is 1. The molecule has 4 rings (SSSR count). The van der Waals surface area contributed by atoms with Crippen LogP contribution in [0.4, 0.5) is 4.39 Å². The second-order valence-corrected chi connectivity index (χ2v) is 9.06. The first-order valence-electron chi connectivity index (χ1n) is 10.2. The van der Waals surface area contributed by atoms with Gasteiger partial charge in [-0.1, -0.05) is 24.3 Å². The number of hydrogen-bond acceptors (Lipinski definition) is 3. The van der Waals surface area contributed by atoms with Crippen molar-refractivity contribution in [2.75, 3.05) is 20.1 Å². The lowest BCUT2D eigenvalue weighted by Crippen LogP contribution is -3.17. The molecule has 29 heavy (non-hydrogen) atoms. The number of quaternary nitrogens is 1. The van der Waals surface area contributed by atoms with Gasteiger partial charge in [-0.05, 0) is 36.8 Å². The van der Waals surface area contributed by atoms with Crippen LogP contribution in [-0.2, 0) is 11.3 Å². The van der Waals surface area contributed by atoms with E-state index in [2.05, 4.69) is 18.2 Å². The van der Waals surface area contributed by atoms with Crippen molar-refractivity contribution < 1.29 is 14.1 Å². The number of fused-ring (bicyclic) bond motifs is 1. The zero-order chi connectivity index (χ0) is 20.4. The number of benzene rings is 2. The monoisotopic (exact) mass is 412 g/mol. The second-order valence-electron chi connectivity index (χ2n) is 8.00. The Morgan fingerprint density at radius 3 is 2.72 bits per heavy atom. The molecule has 0 aliphatic carbocycles. The first-order valence-corrected chi connectivity index (χ1v) is 11.0. The topological polar surface area (TPSA) is 37.6 Å². The van der Waals surface area contributed by atoms with Crippen LogP contribution in [0.25, 0.3) is 10.2 Å². The molecule has 0 unspecified atom stereocenters. The fourth-order valence-corrected chi connectivity index (χ4v) is 5.36. The Bertz CT molecular complexity index is 963. The summed E-state index contributed by atoms with van der Waals surface area (Å²) < 4.78 is 14.7. The Morgan fingerprint density at radius 2 is 2.00 bits per heavy atom. The number of para-hydroxylation sites is 1. The number of hydrogen-bond donors (Lipinski definition) is 1. The highest BCUT2D eigenvalue weighted by molar-refractivity contribution is 7.18. The molecule has 2 aromatic carbocycles. The molecule has 1 N–H and O–H groups in total. The van der Waals surface area contributed by atoms with E-state index in [0.29, 0.717) is 12.5 Å². The van der Waals surface area contributed by atoms with Gasteiger partial charge in [0.15, 0.2) is 6.04 Å². The summed E-state index contributed by atoms with van der Waals surface area (Å²) in [5.74, 6) is 0.338. The van der Waals surface area contributed by atoms with Crippen molar-refractivity contribution in [2.24, 2.45) is 0 Å². The number of nitrogens with zero attached hydrogens (tertiary/aromatic N) is 2. The first-order chi connectivity index (χ1) is 14.0. The highest BCUT2D eigenvalue weighted by atomic mass is 32.1. The maximum Gasteiger partial charge on any atom is 0.280 e. The van der Waals surface area contributed by atoms with Gasteiger partial charge in [-0.2, -0.15) is 0 Å². The summed E-state index contributed by atoms with van der Waals surface area (Å²) in [7, 11) is 1.80. The Labute approximate surface area is 175 Å². The van der Waals surface area contributed by atoms with Crippen molar-refractivity contribution >= 4 is 27.5 Å². The number of aromatic nitrogens is 1. The molecule has 1 saturated heterocycles. The fourth-order valence-electron chi connectivity index (χ4n) is 4.23. The van der Waals surface area contributed by atoms with Gasteiger partial charge >= 0.3 is 0 Å². The van der Waals surface area contributed by atoms with Crippen molar-refractivity contribution in [3.63, 3.8) is 0 Å². The third kappa shape index (κ3) is 4.49. The largest absolute Gasteiger partial charge is 0.336 e. The third-order valence-electron chi connectivity index (χ3n) is 5.96. The van der Waals surface area contributed by atoms with E-state index >= 15 is 0 Å². The Morgan fingerprint density at radius 1 is 1.24 bits per heavy atom. The molecule has 0 radical (unpaired) electrons. The summed E-state index contributed by atoms with van der Waals surface area (Å²) in [6, 6.07) is 14.7. The van der Waals surface area contributed by atoms with Gasteiger partial charge < -0.3 is 9.80 Å². The van der Waals surface area contributed by atoms with Crippen LogP contribution in [0.1, 0.15) is 36.3 Å². The smallest absolute Gasteiger partial charge is 0.280 e. The van der Waals surface area contributed by atoms with E-state index < -0.39 is 0 Å². The van der Waals surface area contributed by atoms with Gasteiger partial charge in [-0.25, -0.2) is 9.37 Å². The number of likely N-dealkylation sites (N-methyl/N-ethyl adjacent to an activating group) is 1. The van der Waals surface area contributed by atoms with Gasteiger partial charge in [-0.15, -0.1) is 11.3 Å². The summed E-state index contributed by atoms with van der Waals surface area (Å²) in [6.07, 6.45) is 2.11. The molecule has 1 amide bonds. The number of rotatable bonds is 5. The van der Waals surface area contributed by atoms with E-state index in [4.69, 9.17) is 4.98 Å².